The molecule has 16 heavy (non-hydrogen) atoms. The number of esters is 1. The number of carbonyl (C=O) groups excluding carboxylic acids is 1. The molecule has 92 valence electrons. The largest absolute Gasteiger partial charge is 0.463 e. The summed E-state index contributed by atoms with van der Waals surface area (Å²) in [7, 11) is 0. The van der Waals surface area contributed by atoms with Crippen LogP contribution in [0.25, 0.3) is 0 Å². The molecule has 0 saturated heterocycles. The number of carbonyl (C=O) groups is 1. The van der Waals surface area contributed by atoms with Crippen molar-refractivity contribution in [2.75, 3.05) is 0 Å². The molecule has 2 nitrogen and oxygen atoms in total. The minimum Gasteiger partial charge on any atom is -0.463 e. The average Bonchev–Trinajstić information content (AvgIpc) is 2.21. The molecular weight excluding hydrogens is 200 g/mol. The predicted molar refractivity (Wildman–Crippen MR) is 66.1 cm³/mol. The Hall–Kier alpha value is -0.790. The van der Waals surface area contributed by atoms with Gasteiger partial charge in [0.15, 0.2) is 0 Å². The van der Waals surface area contributed by atoms with Gasteiger partial charge in [-0.1, -0.05) is 18.6 Å². The predicted octanol–water partition coefficient (Wildman–Crippen LogP) is 3.71. The van der Waals surface area contributed by atoms with E-state index in [4.69, 9.17) is 4.74 Å². The summed E-state index contributed by atoms with van der Waals surface area (Å²) >= 11 is 0. The first kappa shape index (κ1) is 13.3. The smallest absolute Gasteiger partial charge is 0.309 e. The van der Waals surface area contributed by atoms with Crippen LogP contribution in [0.15, 0.2) is 11.6 Å². The molecule has 2 heteroatoms. The van der Waals surface area contributed by atoms with Crippen molar-refractivity contribution in [2.45, 2.75) is 59.5 Å². The van der Waals surface area contributed by atoms with E-state index in [0.717, 1.165) is 25.7 Å². The van der Waals surface area contributed by atoms with E-state index in [2.05, 4.69) is 19.9 Å². The summed E-state index contributed by atoms with van der Waals surface area (Å²) in [5.74, 6) is 0.571. The van der Waals surface area contributed by atoms with Gasteiger partial charge in [0.1, 0.15) is 0 Å². The van der Waals surface area contributed by atoms with Crippen LogP contribution in [0.3, 0.4) is 0 Å². The van der Waals surface area contributed by atoms with E-state index in [9.17, 15) is 4.79 Å². The quantitative estimate of drug-likeness (QED) is 0.537. The molecule has 0 heterocycles. The molecule has 0 spiro atoms. The summed E-state index contributed by atoms with van der Waals surface area (Å²) < 4.78 is 5.32. The molecule has 0 saturated carbocycles. The lowest BCUT2D eigenvalue weighted by Gasteiger charge is -2.27. The van der Waals surface area contributed by atoms with Crippen LogP contribution in [0.1, 0.15) is 53.4 Å². The Kier molecular flexibility index (Phi) is 5.04. The average molecular weight is 224 g/mol. The molecule has 1 aliphatic carbocycles. The van der Waals surface area contributed by atoms with Gasteiger partial charge in [0, 0.05) is 0 Å². The minimum absolute atomic E-state index is 0.00224. The lowest BCUT2D eigenvalue weighted by molar-refractivity contribution is -0.154. The number of ether oxygens (including phenoxy) is 1. The molecule has 0 fully saturated rings. The summed E-state index contributed by atoms with van der Waals surface area (Å²) in [5.41, 5.74) is 1.46. The van der Waals surface area contributed by atoms with E-state index in [1.807, 2.05) is 13.8 Å². The normalized spacial score (nSPS) is 22.8. The molecule has 2 unspecified atom stereocenters. The van der Waals surface area contributed by atoms with Gasteiger partial charge in [0.05, 0.1) is 12.0 Å². The summed E-state index contributed by atoms with van der Waals surface area (Å²) in [5, 5.41) is 0. The third-order valence-electron chi connectivity index (χ3n) is 3.34. The summed E-state index contributed by atoms with van der Waals surface area (Å²) in [6.07, 6.45) is 6.48. The van der Waals surface area contributed by atoms with Gasteiger partial charge in [0.25, 0.3) is 0 Å². The van der Waals surface area contributed by atoms with Gasteiger partial charge in [-0.2, -0.15) is 0 Å². The van der Waals surface area contributed by atoms with Crippen molar-refractivity contribution in [2.24, 2.45) is 11.8 Å². The first-order chi connectivity index (χ1) is 7.54. The maximum Gasteiger partial charge on any atom is 0.309 e. The molecule has 0 bridgehead atoms. The summed E-state index contributed by atoms with van der Waals surface area (Å²) in [6.45, 7) is 8.08. The fourth-order valence-corrected chi connectivity index (χ4v) is 2.36. The van der Waals surface area contributed by atoms with E-state index in [1.165, 1.54) is 5.57 Å². The van der Waals surface area contributed by atoms with Gasteiger partial charge in [-0.25, -0.2) is 0 Å². The number of hydrogen-bond acceptors (Lipinski definition) is 2. The molecule has 1 rings (SSSR count). The van der Waals surface area contributed by atoms with Crippen LogP contribution < -0.4 is 0 Å². The third-order valence-corrected chi connectivity index (χ3v) is 3.34. The van der Waals surface area contributed by atoms with Crippen molar-refractivity contribution < 1.29 is 9.53 Å². The van der Waals surface area contributed by atoms with Crippen LogP contribution in [0, 0.1) is 11.8 Å². The zero-order valence-corrected chi connectivity index (χ0v) is 11.0. The van der Waals surface area contributed by atoms with Crippen LogP contribution in [-0.4, -0.2) is 12.1 Å². The first-order valence-corrected chi connectivity index (χ1v) is 6.40. The molecule has 0 aromatic rings. The highest BCUT2D eigenvalue weighted by Crippen LogP contribution is 2.31. The zero-order valence-electron chi connectivity index (χ0n) is 11.0. The second-order valence-corrected chi connectivity index (χ2v) is 5.09. The molecule has 2 atom stereocenters. The molecule has 0 radical (unpaired) electrons. The Morgan fingerprint density at radius 1 is 1.56 bits per heavy atom. The highest BCUT2D eigenvalue weighted by atomic mass is 16.5. The molecule has 1 aliphatic rings. The standard InChI is InChI=1S/C14H24O2/c1-5-13(14(15)16-10(2)3)12-8-6-11(4)7-9-12/h6,10,12-13H,5,7-9H2,1-4H3. The van der Waals surface area contributed by atoms with E-state index >= 15 is 0 Å². The fraction of sp³-hybridized carbons (Fsp3) is 0.786. The molecule has 0 aliphatic heterocycles. The maximum atomic E-state index is 11.9. The van der Waals surface area contributed by atoms with Crippen LogP contribution in [0.4, 0.5) is 0 Å². The molecule has 0 aromatic heterocycles. The van der Waals surface area contributed by atoms with Gasteiger partial charge < -0.3 is 4.74 Å². The maximum absolute atomic E-state index is 11.9. The van der Waals surface area contributed by atoms with E-state index in [1.54, 1.807) is 0 Å². The second kappa shape index (κ2) is 6.07. The lowest BCUT2D eigenvalue weighted by atomic mass is 9.79. The van der Waals surface area contributed by atoms with Crippen molar-refractivity contribution in [3.63, 3.8) is 0 Å². The molecule has 0 aromatic carbocycles. The van der Waals surface area contributed by atoms with Crippen LogP contribution in [0.2, 0.25) is 0 Å². The Morgan fingerprint density at radius 2 is 2.25 bits per heavy atom. The number of hydrogen-bond donors (Lipinski definition) is 0. The van der Waals surface area contributed by atoms with E-state index < -0.39 is 0 Å². The van der Waals surface area contributed by atoms with E-state index in [-0.39, 0.29) is 18.0 Å². The molecule has 0 N–H and O–H groups in total. The lowest BCUT2D eigenvalue weighted by Crippen LogP contribution is -2.28. The monoisotopic (exact) mass is 224 g/mol. The highest BCUT2D eigenvalue weighted by molar-refractivity contribution is 5.73. The SMILES string of the molecule is CCC(C(=O)OC(C)C)C1CC=C(C)CC1. The first-order valence-electron chi connectivity index (χ1n) is 6.40. The van der Waals surface area contributed by atoms with Gasteiger partial charge in [0.2, 0.25) is 0 Å². The summed E-state index contributed by atoms with van der Waals surface area (Å²) in [6, 6.07) is 0. The van der Waals surface area contributed by atoms with Gasteiger partial charge in [-0.05, 0) is 52.4 Å². The Bertz CT molecular complexity index is 266. The highest BCUT2D eigenvalue weighted by Gasteiger charge is 2.29. The van der Waals surface area contributed by atoms with E-state index in [0.29, 0.717) is 5.92 Å². The van der Waals surface area contributed by atoms with Crippen molar-refractivity contribution >= 4 is 5.97 Å². The fourth-order valence-electron chi connectivity index (χ4n) is 2.36. The third kappa shape index (κ3) is 3.66. The van der Waals surface area contributed by atoms with Gasteiger partial charge >= 0.3 is 5.97 Å². The Balaban J connectivity index is 2.57. The molecular formula is C14H24O2. The second-order valence-electron chi connectivity index (χ2n) is 5.09. The van der Waals surface area contributed by atoms with Crippen molar-refractivity contribution in [3.8, 4) is 0 Å². The van der Waals surface area contributed by atoms with Crippen LogP contribution >= 0.6 is 0 Å². The Labute approximate surface area is 99.1 Å². The van der Waals surface area contributed by atoms with Crippen LogP contribution in [0.5, 0.6) is 0 Å². The van der Waals surface area contributed by atoms with Crippen molar-refractivity contribution in [3.05, 3.63) is 11.6 Å². The Morgan fingerprint density at radius 3 is 2.69 bits per heavy atom. The summed E-state index contributed by atoms with van der Waals surface area (Å²) in [4.78, 5) is 11.9. The topological polar surface area (TPSA) is 26.3 Å². The molecule has 0 amide bonds. The zero-order chi connectivity index (χ0) is 12.1. The van der Waals surface area contributed by atoms with Crippen molar-refractivity contribution in [1.29, 1.82) is 0 Å². The number of rotatable bonds is 4. The number of allylic oxidation sites excluding steroid dienone is 2. The van der Waals surface area contributed by atoms with Crippen molar-refractivity contribution in [1.82, 2.24) is 0 Å². The minimum atomic E-state index is -0.00421. The van der Waals surface area contributed by atoms with Gasteiger partial charge in [-0.3, -0.25) is 4.79 Å². The van der Waals surface area contributed by atoms with Crippen LogP contribution in [-0.2, 0) is 9.53 Å². The van der Waals surface area contributed by atoms with Gasteiger partial charge in [-0.15, -0.1) is 0 Å².